The number of likely N-dealkylation sites (N-methyl/N-ethyl adjacent to an activating group) is 1. The summed E-state index contributed by atoms with van der Waals surface area (Å²) >= 11 is 0. The van der Waals surface area contributed by atoms with Gasteiger partial charge in [0.1, 0.15) is 0 Å². The zero-order chi connectivity index (χ0) is 11.1. The van der Waals surface area contributed by atoms with Gasteiger partial charge in [-0.15, -0.1) is 0 Å². The van der Waals surface area contributed by atoms with Crippen LogP contribution in [0.1, 0.15) is 5.69 Å². The lowest BCUT2D eigenvalue weighted by Crippen LogP contribution is -2.18. The van der Waals surface area contributed by atoms with E-state index in [1.54, 1.807) is 12.3 Å². The topological polar surface area (TPSA) is 53.4 Å². The third-order valence-corrected chi connectivity index (χ3v) is 1.84. The maximum atomic E-state index is 10.2. The molecule has 1 aromatic heterocycles. The zero-order valence-corrected chi connectivity index (χ0v) is 8.63. The molecule has 0 fully saturated rings. The van der Waals surface area contributed by atoms with Crippen LogP contribution in [-0.2, 0) is 11.3 Å². The van der Waals surface area contributed by atoms with E-state index >= 15 is 0 Å². The van der Waals surface area contributed by atoms with E-state index in [1.165, 1.54) is 0 Å². The number of hydrogen-bond donors (Lipinski definition) is 1. The maximum Gasteiger partial charge on any atom is 0.328 e. The van der Waals surface area contributed by atoms with Crippen molar-refractivity contribution in [1.29, 1.82) is 0 Å². The van der Waals surface area contributed by atoms with Crippen molar-refractivity contribution in [1.82, 2.24) is 9.88 Å². The van der Waals surface area contributed by atoms with Crippen LogP contribution < -0.4 is 0 Å². The minimum Gasteiger partial charge on any atom is -0.478 e. The summed E-state index contributed by atoms with van der Waals surface area (Å²) in [5.74, 6) is -0.916. The predicted molar refractivity (Wildman–Crippen MR) is 57.3 cm³/mol. The molecule has 1 N–H and O–H groups in total. The number of aromatic nitrogens is 1. The Kier molecular flexibility index (Phi) is 4.50. The zero-order valence-electron chi connectivity index (χ0n) is 8.63. The summed E-state index contributed by atoms with van der Waals surface area (Å²) in [4.78, 5) is 16.4. The summed E-state index contributed by atoms with van der Waals surface area (Å²) in [6.45, 7) is 1.31. The maximum absolute atomic E-state index is 10.2. The molecule has 0 aromatic carbocycles. The number of aliphatic carboxylic acids is 1. The van der Waals surface area contributed by atoms with Crippen LogP contribution in [0.2, 0.25) is 0 Å². The van der Waals surface area contributed by atoms with Gasteiger partial charge in [0.05, 0.1) is 5.69 Å². The fourth-order valence-corrected chi connectivity index (χ4v) is 1.17. The first kappa shape index (κ1) is 11.4. The molecule has 4 nitrogen and oxygen atoms in total. The van der Waals surface area contributed by atoms with Gasteiger partial charge in [-0.1, -0.05) is 12.1 Å². The molecule has 1 rings (SSSR count). The van der Waals surface area contributed by atoms with Gasteiger partial charge in [-0.05, 0) is 19.2 Å². The van der Waals surface area contributed by atoms with E-state index in [2.05, 4.69) is 4.98 Å². The highest BCUT2D eigenvalue weighted by Crippen LogP contribution is 1.98. The summed E-state index contributed by atoms with van der Waals surface area (Å²) in [5, 5.41) is 8.40. The van der Waals surface area contributed by atoms with Crippen LogP contribution in [0.25, 0.3) is 0 Å². The first-order chi connectivity index (χ1) is 7.18. The molecule has 0 aliphatic rings. The Hall–Kier alpha value is -1.68. The van der Waals surface area contributed by atoms with E-state index in [-0.39, 0.29) is 0 Å². The smallest absolute Gasteiger partial charge is 0.328 e. The average molecular weight is 206 g/mol. The number of carboxylic acids is 1. The Morgan fingerprint density at radius 3 is 3.00 bits per heavy atom. The number of hydrogen-bond acceptors (Lipinski definition) is 3. The summed E-state index contributed by atoms with van der Waals surface area (Å²) in [6.07, 6.45) is 4.51. The van der Waals surface area contributed by atoms with E-state index in [1.807, 2.05) is 30.1 Å². The second-order valence-corrected chi connectivity index (χ2v) is 3.26. The Bertz CT molecular complexity index is 336. The lowest BCUT2D eigenvalue weighted by atomic mass is 10.3. The van der Waals surface area contributed by atoms with Crippen LogP contribution in [-0.4, -0.2) is 34.6 Å². The lowest BCUT2D eigenvalue weighted by molar-refractivity contribution is -0.131. The summed E-state index contributed by atoms with van der Waals surface area (Å²) in [6, 6.07) is 5.74. The fourth-order valence-electron chi connectivity index (χ4n) is 1.17. The van der Waals surface area contributed by atoms with Crippen LogP contribution in [0.3, 0.4) is 0 Å². The number of carbonyl (C=O) groups is 1. The summed E-state index contributed by atoms with van der Waals surface area (Å²) in [5.41, 5.74) is 0.976. The van der Waals surface area contributed by atoms with Gasteiger partial charge in [0.25, 0.3) is 0 Å². The highest BCUT2D eigenvalue weighted by molar-refractivity contribution is 5.79. The molecule has 0 radical (unpaired) electrons. The molecule has 0 unspecified atom stereocenters. The molecule has 0 aliphatic heterocycles. The molecular formula is C11H14N2O2. The standard InChI is InChI=1S/C11H14N2O2/c1-13(8-4-6-11(14)15)9-10-5-2-3-7-12-10/h2-7H,8-9H2,1H3,(H,14,15)/b6-4+. The van der Waals surface area contributed by atoms with Crippen molar-refractivity contribution in [3.05, 3.63) is 42.2 Å². The number of pyridine rings is 1. The molecular weight excluding hydrogens is 192 g/mol. The average Bonchev–Trinajstić information content (AvgIpc) is 2.18. The molecule has 0 aliphatic carbocycles. The molecule has 80 valence electrons. The highest BCUT2D eigenvalue weighted by Gasteiger charge is 1.98. The highest BCUT2D eigenvalue weighted by atomic mass is 16.4. The molecule has 15 heavy (non-hydrogen) atoms. The molecule has 4 heteroatoms. The van der Waals surface area contributed by atoms with Crippen LogP contribution in [0.5, 0.6) is 0 Å². The van der Waals surface area contributed by atoms with Gasteiger partial charge >= 0.3 is 5.97 Å². The molecule has 0 bridgehead atoms. The van der Waals surface area contributed by atoms with Crippen molar-refractivity contribution < 1.29 is 9.90 Å². The normalized spacial score (nSPS) is 11.1. The van der Waals surface area contributed by atoms with Gasteiger partial charge in [-0.25, -0.2) is 4.79 Å². The second kappa shape index (κ2) is 5.93. The molecule has 0 spiro atoms. The largest absolute Gasteiger partial charge is 0.478 e. The molecule has 0 saturated heterocycles. The third kappa shape index (κ3) is 4.93. The van der Waals surface area contributed by atoms with Crippen LogP contribution in [0, 0.1) is 0 Å². The van der Waals surface area contributed by atoms with E-state index in [9.17, 15) is 4.79 Å². The Balaban J connectivity index is 2.36. The van der Waals surface area contributed by atoms with Crippen molar-refractivity contribution in [2.24, 2.45) is 0 Å². The lowest BCUT2D eigenvalue weighted by Gasteiger charge is -2.12. The Morgan fingerprint density at radius 2 is 2.40 bits per heavy atom. The predicted octanol–water partition coefficient (Wildman–Crippen LogP) is 1.15. The molecule has 0 atom stereocenters. The third-order valence-electron chi connectivity index (χ3n) is 1.84. The number of carboxylic acid groups (broad SMARTS) is 1. The Labute approximate surface area is 88.9 Å². The van der Waals surface area contributed by atoms with E-state index < -0.39 is 5.97 Å². The summed E-state index contributed by atoms with van der Waals surface area (Å²) in [7, 11) is 1.92. The van der Waals surface area contributed by atoms with E-state index in [0.717, 1.165) is 11.8 Å². The number of rotatable bonds is 5. The first-order valence-corrected chi connectivity index (χ1v) is 4.66. The Morgan fingerprint density at radius 1 is 1.60 bits per heavy atom. The van der Waals surface area contributed by atoms with E-state index in [4.69, 9.17) is 5.11 Å². The molecule has 0 saturated carbocycles. The molecule has 1 heterocycles. The van der Waals surface area contributed by atoms with Crippen LogP contribution in [0.4, 0.5) is 0 Å². The van der Waals surface area contributed by atoms with Gasteiger partial charge in [0, 0.05) is 25.4 Å². The minimum atomic E-state index is -0.916. The van der Waals surface area contributed by atoms with Crippen LogP contribution >= 0.6 is 0 Å². The SMILES string of the molecule is CN(C/C=C/C(=O)O)Cc1ccccn1. The molecule has 0 amide bonds. The summed E-state index contributed by atoms with van der Waals surface area (Å²) < 4.78 is 0. The van der Waals surface area contributed by atoms with Crippen molar-refractivity contribution in [2.45, 2.75) is 6.54 Å². The van der Waals surface area contributed by atoms with Crippen molar-refractivity contribution in [3.63, 3.8) is 0 Å². The van der Waals surface area contributed by atoms with Gasteiger partial charge in [0.15, 0.2) is 0 Å². The van der Waals surface area contributed by atoms with Gasteiger partial charge in [0.2, 0.25) is 0 Å². The van der Waals surface area contributed by atoms with Crippen molar-refractivity contribution in [2.75, 3.05) is 13.6 Å². The quantitative estimate of drug-likeness (QED) is 0.734. The number of nitrogens with zero attached hydrogens (tertiary/aromatic N) is 2. The van der Waals surface area contributed by atoms with Crippen LogP contribution in [0.15, 0.2) is 36.5 Å². The van der Waals surface area contributed by atoms with Gasteiger partial charge < -0.3 is 5.11 Å². The van der Waals surface area contributed by atoms with Gasteiger partial charge in [-0.2, -0.15) is 0 Å². The fraction of sp³-hybridized carbons (Fsp3) is 0.273. The first-order valence-electron chi connectivity index (χ1n) is 4.66. The monoisotopic (exact) mass is 206 g/mol. The van der Waals surface area contributed by atoms with E-state index in [0.29, 0.717) is 13.1 Å². The van der Waals surface area contributed by atoms with Crippen molar-refractivity contribution >= 4 is 5.97 Å². The second-order valence-electron chi connectivity index (χ2n) is 3.26. The minimum absolute atomic E-state index is 0.600. The van der Waals surface area contributed by atoms with Gasteiger partial charge in [-0.3, -0.25) is 9.88 Å². The molecule has 1 aromatic rings. The van der Waals surface area contributed by atoms with Crippen molar-refractivity contribution in [3.8, 4) is 0 Å².